The van der Waals surface area contributed by atoms with Gasteiger partial charge >= 0.3 is 0 Å². The first kappa shape index (κ1) is 10.3. The highest BCUT2D eigenvalue weighted by atomic mass is 32.1. The fraction of sp³-hybridized carbons (Fsp3) is 0.167. The van der Waals surface area contributed by atoms with Gasteiger partial charge in [0.15, 0.2) is 0 Å². The maximum Gasteiger partial charge on any atom is 0.146 e. The fourth-order valence-electron chi connectivity index (χ4n) is 1.79. The summed E-state index contributed by atoms with van der Waals surface area (Å²) >= 11 is 1.33. The Morgan fingerprint density at radius 2 is 2.24 bits per heavy atom. The second kappa shape index (κ2) is 3.85. The molecule has 0 atom stereocenters. The van der Waals surface area contributed by atoms with Gasteiger partial charge in [0.25, 0.3) is 0 Å². The molecule has 0 radical (unpaired) electrons. The van der Waals surface area contributed by atoms with Crippen molar-refractivity contribution in [3.05, 3.63) is 24.3 Å². The normalized spacial score (nSPS) is 11.1. The molecule has 0 aliphatic carbocycles. The van der Waals surface area contributed by atoms with E-state index in [0.29, 0.717) is 12.4 Å². The molecule has 2 N–H and O–H groups in total. The first-order valence-electron chi connectivity index (χ1n) is 5.36. The molecular formula is C12H11N3OS. The van der Waals surface area contributed by atoms with Gasteiger partial charge in [-0.2, -0.15) is 4.37 Å². The zero-order valence-corrected chi connectivity index (χ0v) is 10.1. The molecule has 0 unspecified atom stereocenters. The maximum absolute atomic E-state index is 5.79. The monoisotopic (exact) mass is 245 g/mol. The molecule has 17 heavy (non-hydrogen) atoms. The molecule has 0 aliphatic heterocycles. The van der Waals surface area contributed by atoms with Crippen LogP contribution in [0.1, 0.15) is 6.92 Å². The van der Waals surface area contributed by atoms with E-state index in [1.165, 1.54) is 11.5 Å². The first-order valence-corrected chi connectivity index (χ1v) is 6.13. The Labute approximate surface area is 102 Å². The summed E-state index contributed by atoms with van der Waals surface area (Å²) in [7, 11) is 0. The molecule has 0 saturated heterocycles. The molecule has 3 rings (SSSR count). The van der Waals surface area contributed by atoms with E-state index < -0.39 is 0 Å². The summed E-state index contributed by atoms with van der Waals surface area (Å²) in [5.41, 5.74) is 6.73. The lowest BCUT2D eigenvalue weighted by molar-refractivity contribution is 0.340. The highest BCUT2D eigenvalue weighted by molar-refractivity contribution is 7.13. The van der Waals surface area contributed by atoms with Crippen LogP contribution in [0, 0.1) is 0 Å². The highest BCUT2D eigenvalue weighted by Gasteiger charge is 2.06. The second-order valence-electron chi connectivity index (χ2n) is 3.70. The lowest BCUT2D eigenvalue weighted by Crippen LogP contribution is -1.91. The van der Waals surface area contributed by atoms with Gasteiger partial charge in [0.1, 0.15) is 16.4 Å². The Balaban J connectivity index is 2.27. The number of nitrogens with two attached hydrogens (primary N) is 1. The minimum absolute atomic E-state index is 0.543. The molecule has 5 heteroatoms. The standard InChI is InChI=1S/C12H11N3OS/c1-2-16-8-3-4-10-7(5-8)6-9-11(13)15-17-12(9)14-10/h3-6H,2H2,1H3,(H2,13,15). The molecule has 0 saturated carbocycles. The third-order valence-corrected chi connectivity index (χ3v) is 3.34. The predicted octanol–water partition coefficient (Wildman–Crippen LogP) is 2.83. The smallest absolute Gasteiger partial charge is 0.146 e. The van der Waals surface area contributed by atoms with Gasteiger partial charge < -0.3 is 10.5 Å². The van der Waals surface area contributed by atoms with Crippen molar-refractivity contribution in [3.8, 4) is 5.75 Å². The van der Waals surface area contributed by atoms with Gasteiger partial charge in [-0.15, -0.1) is 0 Å². The van der Waals surface area contributed by atoms with E-state index in [-0.39, 0.29) is 0 Å². The Hall–Kier alpha value is -1.88. The van der Waals surface area contributed by atoms with Crippen LogP contribution in [-0.2, 0) is 0 Å². The van der Waals surface area contributed by atoms with E-state index in [2.05, 4.69) is 9.36 Å². The quantitative estimate of drug-likeness (QED) is 0.754. The average Bonchev–Trinajstić information content (AvgIpc) is 2.69. The number of pyridine rings is 1. The zero-order valence-electron chi connectivity index (χ0n) is 9.30. The summed E-state index contributed by atoms with van der Waals surface area (Å²) in [6.45, 7) is 2.62. The topological polar surface area (TPSA) is 61.0 Å². The number of nitrogens with zero attached hydrogens (tertiary/aromatic N) is 2. The number of hydrogen-bond acceptors (Lipinski definition) is 5. The largest absolute Gasteiger partial charge is 0.494 e. The van der Waals surface area contributed by atoms with Crippen LogP contribution < -0.4 is 10.5 Å². The molecule has 2 aromatic heterocycles. The number of hydrogen-bond donors (Lipinski definition) is 1. The van der Waals surface area contributed by atoms with Crippen LogP contribution in [-0.4, -0.2) is 16.0 Å². The Morgan fingerprint density at radius 1 is 1.35 bits per heavy atom. The number of anilines is 1. The molecule has 0 spiro atoms. The van der Waals surface area contributed by atoms with Crippen molar-refractivity contribution in [2.45, 2.75) is 6.92 Å². The van der Waals surface area contributed by atoms with Crippen LogP contribution in [0.3, 0.4) is 0 Å². The van der Waals surface area contributed by atoms with E-state index in [1.54, 1.807) is 0 Å². The van der Waals surface area contributed by atoms with Crippen molar-refractivity contribution in [3.63, 3.8) is 0 Å². The van der Waals surface area contributed by atoms with Crippen LogP contribution in [0.5, 0.6) is 5.75 Å². The van der Waals surface area contributed by atoms with Gasteiger partial charge in [0, 0.05) is 5.39 Å². The molecule has 0 amide bonds. The Kier molecular flexibility index (Phi) is 2.33. The summed E-state index contributed by atoms with van der Waals surface area (Å²) in [5.74, 6) is 1.39. The van der Waals surface area contributed by atoms with Crippen LogP contribution in [0.15, 0.2) is 24.3 Å². The van der Waals surface area contributed by atoms with Crippen LogP contribution in [0.2, 0.25) is 0 Å². The number of nitrogen functional groups attached to an aromatic ring is 1. The number of benzene rings is 1. The van der Waals surface area contributed by atoms with Gasteiger partial charge in [0.2, 0.25) is 0 Å². The molecule has 0 bridgehead atoms. The lowest BCUT2D eigenvalue weighted by Gasteiger charge is -2.04. The van der Waals surface area contributed by atoms with E-state index in [1.807, 2.05) is 31.2 Å². The summed E-state index contributed by atoms with van der Waals surface area (Å²) in [5, 5.41) is 1.94. The number of aromatic nitrogens is 2. The van der Waals surface area contributed by atoms with Gasteiger partial charge in [-0.1, -0.05) is 0 Å². The minimum Gasteiger partial charge on any atom is -0.494 e. The molecule has 86 valence electrons. The molecule has 3 aromatic rings. The van der Waals surface area contributed by atoms with Gasteiger partial charge in [0.05, 0.1) is 17.5 Å². The maximum atomic E-state index is 5.79. The lowest BCUT2D eigenvalue weighted by atomic mass is 10.2. The van der Waals surface area contributed by atoms with Gasteiger partial charge in [-0.05, 0) is 42.7 Å². The summed E-state index contributed by atoms with van der Waals surface area (Å²) in [4.78, 5) is 5.39. The number of ether oxygens (including phenoxy) is 1. The van der Waals surface area contributed by atoms with E-state index in [9.17, 15) is 0 Å². The van der Waals surface area contributed by atoms with Crippen molar-refractivity contribution in [1.29, 1.82) is 0 Å². The van der Waals surface area contributed by atoms with Crippen molar-refractivity contribution in [2.24, 2.45) is 0 Å². The van der Waals surface area contributed by atoms with Crippen molar-refractivity contribution < 1.29 is 4.74 Å². The van der Waals surface area contributed by atoms with Crippen LogP contribution >= 0.6 is 11.5 Å². The van der Waals surface area contributed by atoms with Crippen molar-refractivity contribution in [1.82, 2.24) is 9.36 Å². The Bertz CT molecular complexity index is 693. The van der Waals surface area contributed by atoms with E-state index in [0.717, 1.165) is 26.9 Å². The summed E-state index contributed by atoms with van der Waals surface area (Å²) in [6.07, 6.45) is 0. The fourth-order valence-corrected chi connectivity index (χ4v) is 2.47. The SMILES string of the molecule is CCOc1ccc2nc3snc(N)c3cc2c1. The molecule has 1 aromatic carbocycles. The van der Waals surface area contributed by atoms with Crippen LogP contribution in [0.4, 0.5) is 5.82 Å². The number of fused-ring (bicyclic) bond motifs is 2. The first-order chi connectivity index (χ1) is 8.28. The summed E-state index contributed by atoms with van der Waals surface area (Å²) in [6, 6.07) is 7.87. The van der Waals surface area contributed by atoms with Gasteiger partial charge in [-0.3, -0.25) is 0 Å². The third kappa shape index (κ3) is 1.68. The van der Waals surface area contributed by atoms with E-state index >= 15 is 0 Å². The minimum atomic E-state index is 0.543. The average molecular weight is 245 g/mol. The Morgan fingerprint density at radius 3 is 3.06 bits per heavy atom. The van der Waals surface area contributed by atoms with Crippen LogP contribution in [0.25, 0.3) is 21.1 Å². The van der Waals surface area contributed by atoms with E-state index in [4.69, 9.17) is 10.5 Å². The molecule has 4 nitrogen and oxygen atoms in total. The molecule has 0 aliphatic rings. The highest BCUT2D eigenvalue weighted by Crippen LogP contribution is 2.28. The summed E-state index contributed by atoms with van der Waals surface area (Å²) < 4.78 is 9.57. The van der Waals surface area contributed by atoms with Crippen molar-refractivity contribution >= 4 is 38.5 Å². The third-order valence-electron chi connectivity index (χ3n) is 2.57. The molecule has 0 fully saturated rings. The predicted molar refractivity (Wildman–Crippen MR) is 70.5 cm³/mol. The number of rotatable bonds is 2. The second-order valence-corrected chi connectivity index (χ2v) is 4.45. The zero-order chi connectivity index (χ0) is 11.8. The molecular weight excluding hydrogens is 234 g/mol. The van der Waals surface area contributed by atoms with Gasteiger partial charge in [-0.25, -0.2) is 4.98 Å². The molecule has 2 heterocycles. The van der Waals surface area contributed by atoms with Crippen molar-refractivity contribution in [2.75, 3.05) is 12.3 Å².